The minimum Gasteiger partial charge on any atom is -0.484 e. The van der Waals surface area contributed by atoms with Crippen molar-refractivity contribution in [2.75, 3.05) is 0 Å². The van der Waals surface area contributed by atoms with Crippen molar-refractivity contribution in [2.24, 2.45) is 5.92 Å². The zero-order valence-corrected chi connectivity index (χ0v) is 8.50. The number of aliphatic hydroxyl groups is 1. The maximum absolute atomic E-state index is 11.4. The Morgan fingerprint density at radius 3 is 2.31 bits per heavy atom. The summed E-state index contributed by atoms with van der Waals surface area (Å²) < 4.78 is 5.44. The van der Waals surface area contributed by atoms with Gasteiger partial charge in [0.05, 0.1) is 6.10 Å². The minimum absolute atomic E-state index is 0.0324. The molecular formula is C10H16O3. The smallest absolute Gasteiger partial charge is 0.201 e. The molecule has 2 atom stereocenters. The van der Waals surface area contributed by atoms with Gasteiger partial charge in [-0.25, -0.2) is 0 Å². The van der Waals surface area contributed by atoms with E-state index in [1.54, 1.807) is 20.8 Å². The largest absolute Gasteiger partial charge is 0.484 e. The first-order valence-corrected chi connectivity index (χ1v) is 4.47. The quantitative estimate of drug-likeness (QED) is 0.703. The molecule has 0 aromatic carbocycles. The standard InChI is InChI=1S/C10H16O3/c1-6(7(2)11)8-5-9(12)10(3,4)13-8/h5-7,11H,1-4H3. The van der Waals surface area contributed by atoms with Crippen molar-refractivity contribution < 1.29 is 14.6 Å². The molecule has 0 aromatic heterocycles. The van der Waals surface area contributed by atoms with E-state index in [1.165, 1.54) is 6.08 Å². The predicted octanol–water partition coefficient (Wildman–Crippen LogP) is 1.27. The summed E-state index contributed by atoms with van der Waals surface area (Å²) in [5.74, 6) is 0.436. The van der Waals surface area contributed by atoms with Crippen LogP contribution in [0.2, 0.25) is 0 Å². The second-order valence-corrected chi connectivity index (χ2v) is 4.05. The lowest BCUT2D eigenvalue weighted by molar-refractivity contribution is -0.127. The van der Waals surface area contributed by atoms with E-state index in [0.717, 1.165) is 0 Å². The lowest BCUT2D eigenvalue weighted by Gasteiger charge is -2.22. The van der Waals surface area contributed by atoms with Crippen molar-refractivity contribution in [3.8, 4) is 0 Å². The molecule has 0 radical (unpaired) electrons. The minimum atomic E-state index is -0.752. The Labute approximate surface area is 78.4 Å². The van der Waals surface area contributed by atoms with Crippen LogP contribution in [0.1, 0.15) is 27.7 Å². The van der Waals surface area contributed by atoms with Crippen molar-refractivity contribution in [2.45, 2.75) is 39.4 Å². The number of rotatable bonds is 2. The van der Waals surface area contributed by atoms with E-state index in [-0.39, 0.29) is 11.7 Å². The molecule has 1 aliphatic rings. The number of hydrogen-bond donors (Lipinski definition) is 1. The first-order chi connectivity index (χ1) is 5.84. The molecule has 0 aromatic rings. The molecule has 1 N–H and O–H groups in total. The van der Waals surface area contributed by atoms with Crippen LogP contribution in [-0.4, -0.2) is 22.6 Å². The van der Waals surface area contributed by atoms with Crippen molar-refractivity contribution in [1.82, 2.24) is 0 Å². The van der Waals surface area contributed by atoms with Gasteiger partial charge in [-0.05, 0) is 20.8 Å². The lowest BCUT2D eigenvalue weighted by atomic mass is 10.0. The third-order valence-electron chi connectivity index (χ3n) is 2.41. The molecule has 2 unspecified atom stereocenters. The molecule has 0 fully saturated rings. The fourth-order valence-corrected chi connectivity index (χ4v) is 1.14. The number of ether oxygens (including phenoxy) is 1. The average Bonchev–Trinajstić information content (AvgIpc) is 2.25. The summed E-state index contributed by atoms with van der Waals surface area (Å²) in [6.07, 6.45) is 0.991. The predicted molar refractivity (Wildman–Crippen MR) is 49.1 cm³/mol. The zero-order chi connectivity index (χ0) is 10.2. The summed E-state index contributed by atoms with van der Waals surface area (Å²) >= 11 is 0. The number of carbonyl (C=O) groups is 1. The Balaban J connectivity index is 2.77. The number of aliphatic hydroxyl groups excluding tert-OH is 1. The van der Waals surface area contributed by atoms with Crippen molar-refractivity contribution >= 4 is 5.78 Å². The van der Waals surface area contributed by atoms with Crippen molar-refractivity contribution in [3.63, 3.8) is 0 Å². The molecule has 1 aliphatic heterocycles. The van der Waals surface area contributed by atoms with E-state index < -0.39 is 11.7 Å². The molecule has 74 valence electrons. The first-order valence-electron chi connectivity index (χ1n) is 4.47. The highest BCUT2D eigenvalue weighted by molar-refractivity contribution is 5.98. The molecule has 0 spiro atoms. The van der Waals surface area contributed by atoms with Gasteiger partial charge in [0, 0.05) is 12.0 Å². The highest BCUT2D eigenvalue weighted by Crippen LogP contribution is 2.30. The van der Waals surface area contributed by atoms with E-state index >= 15 is 0 Å². The lowest BCUT2D eigenvalue weighted by Crippen LogP contribution is -2.29. The molecule has 1 rings (SSSR count). The summed E-state index contributed by atoms with van der Waals surface area (Å²) in [5, 5.41) is 9.31. The van der Waals surface area contributed by atoms with Crippen LogP contribution in [0.25, 0.3) is 0 Å². The maximum atomic E-state index is 11.4. The maximum Gasteiger partial charge on any atom is 0.201 e. The average molecular weight is 184 g/mol. The van der Waals surface area contributed by atoms with Crippen LogP contribution < -0.4 is 0 Å². The van der Waals surface area contributed by atoms with Gasteiger partial charge in [0.15, 0.2) is 5.60 Å². The van der Waals surface area contributed by atoms with Gasteiger partial charge >= 0.3 is 0 Å². The third kappa shape index (κ3) is 1.91. The van der Waals surface area contributed by atoms with E-state index in [0.29, 0.717) is 5.76 Å². The molecule has 0 saturated carbocycles. The van der Waals surface area contributed by atoms with Gasteiger partial charge in [0.2, 0.25) is 5.78 Å². The van der Waals surface area contributed by atoms with Crippen LogP contribution in [0.4, 0.5) is 0 Å². The van der Waals surface area contributed by atoms with Gasteiger partial charge in [-0.3, -0.25) is 4.79 Å². The second kappa shape index (κ2) is 3.14. The normalized spacial score (nSPS) is 25.0. The summed E-state index contributed by atoms with van der Waals surface area (Å²) in [4.78, 5) is 11.4. The van der Waals surface area contributed by atoms with Gasteiger partial charge in [-0.2, -0.15) is 0 Å². The number of carbonyl (C=O) groups excluding carboxylic acids is 1. The summed E-state index contributed by atoms with van der Waals surface area (Å²) in [6.45, 7) is 6.98. The van der Waals surface area contributed by atoms with Crippen LogP contribution in [0, 0.1) is 5.92 Å². The summed E-state index contributed by atoms with van der Waals surface area (Å²) in [6, 6.07) is 0. The van der Waals surface area contributed by atoms with Gasteiger partial charge < -0.3 is 9.84 Å². The molecule has 0 aliphatic carbocycles. The second-order valence-electron chi connectivity index (χ2n) is 4.05. The molecule has 0 saturated heterocycles. The van der Waals surface area contributed by atoms with Crippen LogP contribution >= 0.6 is 0 Å². The topological polar surface area (TPSA) is 46.5 Å². The molecule has 3 nitrogen and oxygen atoms in total. The van der Waals surface area contributed by atoms with Crippen LogP contribution in [0.3, 0.4) is 0 Å². The van der Waals surface area contributed by atoms with E-state index in [9.17, 15) is 9.90 Å². The Bertz CT molecular complexity index is 251. The van der Waals surface area contributed by atoms with Gasteiger partial charge in [-0.1, -0.05) is 6.92 Å². The first kappa shape index (κ1) is 10.3. The highest BCUT2D eigenvalue weighted by Gasteiger charge is 2.37. The van der Waals surface area contributed by atoms with Crippen LogP contribution in [-0.2, 0) is 9.53 Å². The number of hydrogen-bond acceptors (Lipinski definition) is 3. The Hall–Kier alpha value is -0.830. The molecule has 0 bridgehead atoms. The number of ketones is 1. The third-order valence-corrected chi connectivity index (χ3v) is 2.41. The highest BCUT2D eigenvalue weighted by atomic mass is 16.5. The summed E-state index contributed by atoms with van der Waals surface area (Å²) in [5.41, 5.74) is -0.752. The van der Waals surface area contributed by atoms with E-state index in [2.05, 4.69) is 0 Å². The van der Waals surface area contributed by atoms with Crippen molar-refractivity contribution in [3.05, 3.63) is 11.8 Å². The summed E-state index contributed by atoms with van der Waals surface area (Å²) in [7, 11) is 0. The monoisotopic (exact) mass is 184 g/mol. The Morgan fingerprint density at radius 1 is 1.46 bits per heavy atom. The Kier molecular flexibility index (Phi) is 2.48. The van der Waals surface area contributed by atoms with Gasteiger partial charge in [-0.15, -0.1) is 0 Å². The van der Waals surface area contributed by atoms with Crippen LogP contribution in [0.15, 0.2) is 11.8 Å². The SMILES string of the molecule is CC(O)C(C)C1=CC(=O)C(C)(C)O1. The molecule has 0 amide bonds. The molecule has 3 heteroatoms. The van der Waals surface area contributed by atoms with E-state index in [1.807, 2.05) is 6.92 Å². The molecule has 13 heavy (non-hydrogen) atoms. The fraction of sp³-hybridized carbons (Fsp3) is 0.700. The fourth-order valence-electron chi connectivity index (χ4n) is 1.14. The Morgan fingerprint density at radius 2 is 2.00 bits per heavy atom. The van der Waals surface area contributed by atoms with Gasteiger partial charge in [0.25, 0.3) is 0 Å². The van der Waals surface area contributed by atoms with Gasteiger partial charge in [0.1, 0.15) is 5.76 Å². The zero-order valence-electron chi connectivity index (χ0n) is 8.50. The van der Waals surface area contributed by atoms with Crippen LogP contribution in [0.5, 0.6) is 0 Å². The molecule has 1 heterocycles. The van der Waals surface area contributed by atoms with Crippen molar-refractivity contribution in [1.29, 1.82) is 0 Å². The molecular weight excluding hydrogens is 168 g/mol. The van der Waals surface area contributed by atoms with E-state index in [4.69, 9.17) is 4.74 Å².